The fourth-order valence-electron chi connectivity index (χ4n) is 2.42. The molecule has 1 aliphatic rings. The zero-order chi connectivity index (χ0) is 13.8. The number of nitrogens with zero attached hydrogens (tertiary/aromatic N) is 3. The molecule has 0 saturated carbocycles. The summed E-state index contributed by atoms with van der Waals surface area (Å²) in [5.74, 6) is 0.530. The Morgan fingerprint density at radius 2 is 2.37 bits per heavy atom. The van der Waals surface area contributed by atoms with Crippen LogP contribution in [0.3, 0.4) is 0 Å². The lowest BCUT2D eigenvalue weighted by Crippen LogP contribution is -2.39. The van der Waals surface area contributed by atoms with Gasteiger partial charge in [0, 0.05) is 12.2 Å². The summed E-state index contributed by atoms with van der Waals surface area (Å²) in [5.41, 5.74) is 0.858. The van der Waals surface area contributed by atoms with Gasteiger partial charge in [-0.3, -0.25) is 9.69 Å². The van der Waals surface area contributed by atoms with E-state index in [1.165, 1.54) is 7.11 Å². The smallest absolute Gasteiger partial charge is 0.309 e. The molecule has 0 amide bonds. The maximum atomic E-state index is 11.6. The Balaban J connectivity index is 2.00. The number of hydrogen-bond donors (Lipinski definition) is 0. The van der Waals surface area contributed by atoms with Crippen molar-refractivity contribution in [3.05, 3.63) is 22.7 Å². The zero-order valence-corrected chi connectivity index (χ0v) is 12.0. The van der Waals surface area contributed by atoms with Crippen LogP contribution in [0.1, 0.15) is 24.4 Å². The van der Waals surface area contributed by atoms with E-state index in [9.17, 15) is 4.79 Å². The lowest BCUT2D eigenvalue weighted by Gasteiger charge is -2.30. The summed E-state index contributed by atoms with van der Waals surface area (Å²) < 4.78 is 4.81. The number of likely N-dealkylation sites (tertiary alicyclic amines) is 1. The Bertz CT molecular complexity index is 447. The molecule has 1 aromatic heterocycles. The van der Waals surface area contributed by atoms with Gasteiger partial charge in [0.2, 0.25) is 0 Å². The highest BCUT2D eigenvalue weighted by atomic mass is 35.5. The Hall–Kier alpha value is -1.20. The minimum atomic E-state index is -0.132. The first-order chi connectivity index (χ1) is 9.08. The van der Waals surface area contributed by atoms with Gasteiger partial charge in [-0.1, -0.05) is 11.6 Å². The van der Waals surface area contributed by atoms with Crippen LogP contribution in [0.5, 0.6) is 0 Å². The molecule has 0 radical (unpaired) electrons. The summed E-state index contributed by atoms with van der Waals surface area (Å²) in [7, 11) is 1.44. The number of aryl methyl sites for hydroxylation is 1. The Morgan fingerprint density at radius 1 is 1.58 bits per heavy atom. The van der Waals surface area contributed by atoms with E-state index in [4.69, 9.17) is 16.3 Å². The van der Waals surface area contributed by atoms with Gasteiger partial charge >= 0.3 is 5.97 Å². The molecule has 1 aliphatic heterocycles. The van der Waals surface area contributed by atoms with Crippen molar-refractivity contribution in [2.45, 2.75) is 26.3 Å². The van der Waals surface area contributed by atoms with Crippen LogP contribution < -0.4 is 0 Å². The average Bonchev–Trinajstić information content (AvgIpc) is 2.37. The second kappa shape index (κ2) is 6.30. The van der Waals surface area contributed by atoms with Gasteiger partial charge in [0.15, 0.2) is 0 Å². The molecule has 5 nitrogen and oxygen atoms in total. The Kier molecular flexibility index (Phi) is 4.71. The van der Waals surface area contributed by atoms with Crippen LogP contribution in [0, 0.1) is 12.8 Å². The van der Waals surface area contributed by atoms with E-state index in [1.54, 1.807) is 6.07 Å². The summed E-state index contributed by atoms with van der Waals surface area (Å²) in [6.07, 6.45) is 1.87. The van der Waals surface area contributed by atoms with Crippen LogP contribution in [-0.2, 0) is 16.1 Å². The molecule has 1 fully saturated rings. The normalized spacial score (nSPS) is 20.3. The highest BCUT2D eigenvalue weighted by Gasteiger charge is 2.26. The van der Waals surface area contributed by atoms with Crippen LogP contribution in [0.4, 0.5) is 0 Å². The van der Waals surface area contributed by atoms with E-state index < -0.39 is 0 Å². The summed E-state index contributed by atoms with van der Waals surface area (Å²) in [4.78, 5) is 22.3. The van der Waals surface area contributed by atoms with Crippen LogP contribution in [0.15, 0.2) is 6.07 Å². The van der Waals surface area contributed by atoms with Crippen molar-refractivity contribution in [1.29, 1.82) is 0 Å². The molecule has 2 heterocycles. The van der Waals surface area contributed by atoms with E-state index in [2.05, 4.69) is 14.9 Å². The van der Waals surface area contributed by atoms with Crippen molar-refractivity contribution in [2.75, 3.05) is 20.2 Å². The third kappa shape index (κ3) is 3.88. The first-order valence-corrected chi connectivity index (χ1v) is 6.76. The predicted molar refractivity (Wildman–Crippen MR) is 71.8 cm³/mol. The fraction of sp³-hybridized carbons (Fsp3) is 0.615. The average molecular weight is 284 g/mol. The first kappa shape index (κ1) is 14.2. The molecule has 0 bridgehead atoms. The van der Waals surface area contributed by atoms with Gasteiger partial charge in [0.05, 0.1) is 19.6 Å². The van der Waals surface area contributed by atoms with Gasteiger partial charge in [0.1, 0.15) is 11.0 Å². The van der Waals surface area contributed by atoms with Crippen LogP contribution in [-0.4, -0.2) is 41.0 Å². The quantitative estimate of drug-likeness (QED) is 0.626. The molecule has 0 aromatic carbocycles. The third-order valence-electron chi connectivity index (χ3n) is 3.27. The third-order valence-corrected chi connectivity index (χ3v) is 3.47. The number of carbonyl (C=O) groups is 1. The number of esters is 1. The minimum Gasteiger partial charge on any atom is -0.469 e. The zero-order valence-electron chi connectivity index (χ0n) is 11.2. The highest BCUT2D eigenvalue weighted by Crippen LogP contribution is 2.19. The van der Waals surface area contributed by atoms with Crippen molar-refractivity contribution in [1.82, 2.24) is 14.9 Å². The molecule has 0 N–H and O–H groups in total. The maximum Gasteiger partial charge on any atom is 0.309 e. The Morgan fingerprint density at radius 3 is 3.05 bits per heavy atom. The van der Waals surface area contributed by atoms with Crippen LogP contribution >= 0.6 is 11.6 Å². The molecule has 1 atom stereocenters. The molecule has 0 aliphatic carbocycles. The predicted octanol–water partition coefficient (Wildman–Crippen LogP) is 1.82. The molecule has 1 unspecified atom stereocenters. The molecule has 2 rings (SSSR count). The van der Waals surface area contributed by atoms with Gasteiger partial charge in [-0.2, -0.15) is 0 Å². The van der Waals surface area contributed by atoms with Crippen LogP contribution in [0.2, 0.25) is 5.15 Å². The molecular weight excluding hydrogens is 266 g/mol. The monoisotopic (exact) mass is 283 g/mol. The second-order valence-corrected chi connectivity index (χ2v) is 5.23. The fourth-order valence-corrected chi connectivity index (χ4v) is 2.67. The number of piperidine rings is 1. The van der Waals surface area contributed by atoms with E-state index in [0.717, 1.165) is 25.1 Å². The maximum absolute atomic E-state index is 11.6. The van der Waals surface area contributed by atoms with Gasteiger partial charge in [0.25, 0.3) is 0 Å². The SMILES string of the molecule is COC(=O)C1CCCN(Cc2nc(C)cc(Cl)n2)C1. The van der Waals surface area contributed by atoms with Gasteiger partial charge < -0.3 is 4.74 Å². The minimum absolute atomic E-state index is 0.0426. The van der Waals surface area contributed by atoms with Crippen LogP contribution in [0.25, 0.3) is 0 Å². The second-order valence-electron chi connectivity index (χ2n) is 4.85. The van der Waals surface area contributed by atoms with E-state index >= 15 is 0 Å². The van der Waals surface area contributed by atoms with Gasteiger partial charge in [-0.15, -0.1) is 0 Å². The van der Waals surface area contributed by atoms with E-state index in [1.807, 2.05) is 6.92 Å². The van der Waals surface area contributed by atoms with E-state index in [-0.39, 0.29) is 11.9 Å². The molecule has 1 aromatic rings. The lowest BCUT2D eigenvalue weighted by molar-refractivity contribution is -0.147. The number of rotatable bonds is 3. The summed E-state index contributed by atoms with van der Waals surface area (Å²) in [6, 6.07) is 1.73. The van der Waals surface area contributed by atoms with Gasteiger partial charge in [-0.25, -0.2) is 9.97 Å². The molecule has 1 saturated heterocycles. The number of hydrogen-bond acceptors (Lipinski definition) is 5. The standard InChI is InChI=1S/C13H18ClN3O2/c1-9-6-11(14)16-12(15-9)8-17-5-3-4-10(7-17)13(18)19-2/h6,10H,3-5,7-8H2,1-2H3. The number of ether oxygens (including phenoxy) is 1. The highest BCUT2D eigenvalue weighted by molar-refractivity contribution is 6.29. The molecular formula is C13H18ClN3O2. The van der Waals surface area contributed by atoms with Crippen molar-refractivity contribution in [3.63, 3.8) is 0 Å². The van der Waals surface area contributed by atoms with Crippen molar-refractivity contribution < 1.29 is 9.53 Å². The summed E-state index contributed by atoms with van der Waals surface area (Å²) in [6.45, 7) is 4.16. The molecule has 19 heavy (non-hydrogen) atoms. The number of carbonyl (C=O) groups excluding carboxylic acids is 1. The van der Waals surface area contributed by atoms with Crippen molar-refractivity contribution in [2.24, 2.45) is 5.92 Å². The van der Waals surface area contributed by atoms with Crippen molar-refractivity contribution >= 4 is 17.6 Å². The number of halogens is 1. The molecule has 104 valence electrons. The molecule has 6 heteroatoms. The van der Waals surface area contributed by atoms with Crippen molar-refractivity contribution in [3.8, 4) is 0 Å². The summed E-state index contributed by atoms with van der Waals surface area (Å²) >= 11 is 5.93. The van der Waals surface area contributed by atoms with Gasteiger partial charge in [-0.05, 0) is 32.4 Å². The summed E-state index contributed by atoms with van der Waals surface area (Å²) in [5, 5.41) is 0.462. The number of aromatic nitrogens is 2. The van der Waals surface area contributed by atoms with E-state index in [0.29, 0.717) is 24.1 Å². The molecule has 0 spiro atoms. The lowest BCUT2D eigenvalue weighted by atomic mass is 9.98. The Labute approximate surface area is 117 Å². The topological polar surface area (TPSA) is 55.3 Å². The number of methoxy groups -OCH3 is 1. The first-order valence-electron chi connectivity index (χ1n) is 6.38. The largest absolute Gasteiger partial charge is 0.469 e.